The topological polar surface area (TPSA) is 86.5 Å². The van der Waals surface area contributed by atoms with E-state index in [0.717, 1.165) is 18.2 Å². The number of hydrogen-bond donors (Lipinski definition) is 0. The Bertz CT molecular complexity index is 758. The molecule has 0 atom stereocenters. The van der Waals surface area contributed by atoms with Crippen LogP contribution in [0.3, 0.4) is 0 Å². The van der Waals surface area contributed by atoms with E-state index in [1.54, 1.807) is 0 Å². The number of nitrogens with zero attached hydrogens (tertiary/aromatic N) is 1. The van der Waals surface area contributed by atoms with Crippen molar-refractivity contribution in [2.45, 2.75) is 5.75 Å². The predicted octanol–water partition coefficient (Wildman–Crippen LogP) is 2.64. The van der Waals surface area contributed by atoms with Crippen LogP contribution in [-0.4, -0.2) is 13.3 Å². The summed E-state index contributed by atoms with van der Waals surface area (Å²) in [5.74, 6) is -1.09. The Morgan fingerprint density at radius 3 is 2.43 bits per heavy atom. The lowest BCUT2D eigenvalue weighted by Crippen LogP contribution is -2.12. The number of rotatable bonds is 5. The van der Waals surface area contributed by atoms with E-state index in [9.17, 15) is 22.9 Å². The second kappa shape index (κ2) is 5.88. The first-order chi connectivity index (χ1) is 9.85. The molecule has 0 aliphatic heterocycles. The average Bonchev–Trinajstić information content (AvgIpc) is 2.41. The van der Waals surface area contributed by atoms with Crippen molar-refractivity contribution < 1.29 is 21.9 Å². The Hall–Kier alpha value is -2.48. The highest BCUT2D eigenvalue weighted by atomic mass is 32.2. The standard InChI is InChI=1S/C13H10FNO5S/c14-11-6-4-10(5-7-11)9-21(18,19)20-13-3-1-2-12(8-13)15(16)17/h1-8H,9H2. The molecule has 2 rings (SSSR count). The highest BCUT2D eigenvalue weighted by Crippen LogP contribution is 2.21. The lowest BCUT2D eigenvalue weighted by Gasteiger charge is -2.07. The molecule has 0 unspecified atom stereocenters. The van der Waals surface area contributed by atoms with E-state index in [0.29, 0.717) is 5.56 Å². The molecule has 0 bridgehead atoms. The highest BCUT2D eigenvalue weighted by Gasteiger charge is 2.16. The summed E-state index contributed by atoms with van der Waals surface area (Å²) in [4.78, 5) is 9.95. The van der Waals surface area contributed by atoms with Crippen molar-refractivity contribution in [2.75, 3.05) is 0 Å². The van der Waals surface area contributed by atoms with Gasteiger partial charge in [-0.3, -0.25) is 10.1 Å². The molecule has 2 aromatic rings. The number of hydrogen-bond acceptors (Lipinski definition) is 5. The molecule has 0 aliphatic rings. The van der Waals surface area contributed by atoms with Gasteiger partial charge in [0.15, 0.2) is 0 Å². The summed E-state index contributed by atoms with van der Waals surface area (Å²) in [5.41, 5.74) is 0.0753. The molecule has 8 heteroatoms. The van der Waals surface area contributed by atoms with Crippen LogP contribution in [0, 0.1) is 15.9 Å². The monoisotopic (exact) mass is 311 g/mol. The molecule has 0 saturated carbocycles. The van der Waals surface area contributed by atoms with Crippen molar-refractivity contribution in [3.63, 3.8) is 0 Å². The van der Waals surface area contributed by atoms with Crippen LogP contribution in [0.4, 0.5) is 10.1 Å². The summed E-state index contributed by atoms with van der Waals surface area (Å²) >= 11 is 0. The van der Waals surface area contributed by atoms with E-state index < -0.39 is 26.6 Å². The van der Waals surface area contributed by atoms with Crippen LogP contribution in [0.2, 0.25) is 0 Å². The van der Waals surface area contributed by atoms with Gasteiger partial charge in [-0.2, -0.15) is 8.42 Å². The zero-order valence-electron chi connectivity index (χ0n) is 10.6. The van der Waals surface area contributed by atoms with E-state index in [4.69, 9.17) is 4.18 Å². The molecule has 0 aromatic heterocycles. The van der Waals surface area contributed by atoms with Gasteiger partial charge in [-0.25, -0.2) is 4.39 Å². The van der Waals surface area contributed by atoms with Gasteiger partial charge < -0.3 is 4.18 Å². The van der Waals surface area contributed by atoms with Gasteiger partial charge in [-0.15, -0.1) is 0 Å². The molecule has 0 spiro atoms. The molecule has 0 heterocycles. The second-order valence-electron chi connectivity index (χ2n) is 4.17. The van der Waals surface area contributed by atoms with Gasteiger partial charge in [0.1, 0.15) is 17.3 Å². The fourth-order valence-electron chi connectivity index (χ4n) is 1.61. The predicted molar refractivity (Wildman–Crippen MR) is 72.7 cm³/mol. The Morgan fingerprint density at radius 1 is 1.14 bits per heavy atom. The Morgan fingerprint density at radius 2 is 1.81 bits per heavy atom. The molecular formula is C13H10FNO5S. The molecule has 0 saturated heterocycles. The van der Waals surface area contributed by atoms with E-state index in [1.807, 2.05) is 0 Å². The number of non-ortho nitro benzene ring substituents is 1. The fraction of sp³-hybridized carbons (Fsp3) is 0.0769. The molecule has 0 radical (unpaired) electrons. The summed E-state index contributed by atoms with van der Waals surface area (Å²) in [6.07, 6.45) is 0. The van der Waals surface area contributed by atoms with Crippen LogP contribution in [0.25, 0.3) is 0 Å². The number of nitro groups is 1. The van der Waals surface area contributed by atoms with Crippen molar-refractivity contribution in [2.24, 2.45) is 0 Å². The van der Waals surface area contributed by atoms with Crippen LogP contribution in [0.15, 0.2) is 48.5 Å². The van der Waals surface area contributed by atoms with Crippen LogP contribution >= 0.6 is 0 Å². The van der Waals surface area contributed by atoms with E-state index in [1.165, 1.54) is 30.3 Å². The summed E-state index contributed by atoms with van der Waals surface area (Å²) in [7, 11) is -3.99. The van der Waals surface area contributed by atoms with E-state index in [-0.39, 0.29) is 11.4 Å². The number of benzene rings is 2. The maximum absolute atomic E-state index is 12.7. The van der Waals surface area contributed by atoms with Crippen molar-refractivity contribution in [1.82, 2.24) is 0 Å². The average molecular weight is 311 g/mol. The molecule has 21 heavy (non-hydrogen) atoms. The minimum atomic E-state index is -3.99. The maximum atomic E-state index is 12.7. The second-order valence-corrected chi connectivity index (χ2v) is 5.74. The molecule has 0 amide bonds. The molecule has 0 N–H and O–H groups in total. The van der Waals surface area contributed by atoms with Gasteiger partial charge in [0.05, 0.1) is 11.0 Å². The van der Waals surface area contributed by atoms with Gasteiger partial charge in [0.25, 0.3) is 5.69 Å². The van der Waals surface area contributed by atoms with Gasteiger partial charge in [0, 0.05) is 6.07 Å². The Balaban J connectivity index is 2.15. The molecule has 110 valence electrons. The number of halogens is 1. The minimum absolute atomic E-state index is 0.147. The first-order valence-electron chi connectivity index (χ1n) is 5.77. The zero-order valence-corrected chi connectivity index (χ0v) is 11.4. The first-order valence-corrected chi connectivity index (χ1v) is 7.34. The Labute approximate surface area is 120 Å². The van der Waals surface area contributed by atoms with Gasteiger partial charge in [-0.1, -0.05) is 18.2 Å². The zero-order chi connectivity index (χ0) is 15.5. The molecule has 6 nitrogen and oxygen atoms in total. The van der Waals surface area contributed by atoms with Gasteiger partial charge in [-0.05, 0) is 23.8 Å². The lowest BCUT2D eigenvalue weighted by atomic mass is 10.2. The molecule has 2 aromatic carbocycles. The van der Waals surface area contributed by atoms with Gasteiger partial charge in [0.2, 0.25) is 0 Å². The first kappa shape index (κ1) is 14.9. The van der Waals surface area contributed by atoms with Crippen molar-refractivity contribution in [3.8, 4) is 5.75 Å². The normalized spacial score (nSPS) is 11.1. The summed E-state index contributed by atoms with van der Waals surface area (Å²) in [6.45, 7) is 0. The van der Waals surface area contributed by atoms with E-state index in [2.05, 4.69) is 0 Å². The third-order valence-corrected chi connectivity index (χ3v) is 3.64. The highest BCUT2D eigenvalue weighted by molar-refractivity contribution is 7.86. The number of nitro benzene ring substituents is 1. The molecular weight excluding hydrogens is 301 g/mol. The van der Waals surface area contributed by atoms with Crippen molar-refractivity contribution in [1.29, 1.82) is 0 Å². The Kier molecular flexibility index (Phi) is 4.18. The smallest absolute Gasteiger partial charge is 0.313 e. The third-order valence-electron chi connectivity index (χ3n) is 2.51. The van der Waals surface area contributed by atoms with Gasteiger partial charge >= 0.3 is 10.1 Å². The quantitative estimate of drug-likeness (QED) is 0.481. The van der Waals surface area contributed by atoms with Crippen molar-refractivity contribution in [3.05, 3.63) is 70.0 Å². The van der Waals surface area contributed by atoms with Crippen LogP contribution in [0.1, 0.15) is 5.56 Å². The third kappa shape index (κ3) is 4.25. The summed E-state index contributed by atoms with van der Waals surface area (Å²) < 4.78 is 41.2. The maximum Gasteiger partial charge on any atom is 0.313 e. The summed E-state index contributed by atoms with van der Waals surface area (Å²) in [5, 5.41) is 10.6. The van der Waals surface area contributed by atoms with E-state index >= 15 is 0 Å². The van der Waals surface area contributed by atoms with Crippen LogP contribution < -0.4 is 4.18 Å². The molecule has 0 fully saturated rings. The fourth-order valence-corrected chi connectivity index (χ4v) is 2.67. The minimum Gasteiger partial charge on any atom is -0.382 e. The lowest BCUT2D eigenvalue weighted by molar-refractivity contribution is -0.384. The van der Waals surface area contributed by atoms with Crippen molar-refractivity contribution >= 4 is 15.8 Å². The van der Waals surface area contributed by atoms with Crippen LogP contribution in [0.5, 0.6) is 5.75 Å². The summed E-state index contributed by atoms with van der Waals surface area (Å²) in [6, 6.07) is 9.78. The SMILES string of the molecule is O=[N+]([O-])c1cccc(OS(=O)(=O)Cc2ccc(F)cc2)c1. The molecule has 0 aliphatic carbocycles. The van der Waals surface area contributed by atoms with Crippen LogP contribution in [-0.2, 0) is 15.9 Å². The largest absolute Gasteiger partial charge is 0.382 e.